The van der Waals surface area contributed by atoms with E-state index in [9.17, 15) is 14.9 Å². The number of hydrogen-bond donors (Lipinski definition) is 2. The van der Waals surface area contributed by atoms with E-state index < -0.39 is 10.8 Å². The molecule has 0 fully saturated rings. The molecule has 0 aliphatic rings. The zero-order chi connectivity index (χ0) is 21.3. The molecule has 1 heterocycles. The molecule has 7 nitrogen and oxygen atoms in total. The van der Waals surface area contributed by atoms with Gasteiger partial charge in [0.2, 0.25) is 0 Å². The third-order valence-corrected chi connectivity index (χ3v) is 4.30. The van der Waals surface area contributed by atoms with Crippen molar-refractivity contribution < 1.29 is 9.72 Å². The number of nitro benzene ring substituents is 1. The van der Waals surface area contributed by atoms with Gasteiger partial charge in [-0.2, -0.15) is 0 Å². The zero-order valence-corrected chi connectivity index (χ0v) is 16.3. The molecule has 150 valence electrons. The maximum atomic E-state index is 12.4. The van der Waals surface area contributed by atoms with Gasteiger partial charge < -0.3 is 10.6 Å². The van der Waals surface area contributed by atoms with Gasteiger partial charge in [0.1, 0.15) is 5.69 Å². The summed E-state index contributed by atoms with van der Waals surface area (Å²) < 4.78 is 0. The first kappa shape index (κ1) is 20.6. The van der Waals surface area contributed by atoms with Crippen LogP contribution in [0.15, 0.2) is 72.9 Å². The largest absolute Gasteiger partial charge is 0.371 e. The van der Waals surface area contributed by atoms with Gasteiger partial charge in [-0.3, -0.25) is 19.9 Å². The van der Waals surface area contributed by atoms with Crippen LogP contribution in [-0.2, 0) is 0 Å². The lowest BCUT2D eigenvalue weighted by Gasteiger charge is -2.15. The summed E-state index contributed by atoms with van der Waals surface area (Å²) in [4.78, 5) is 27.6. The van der Waals surface area contributed by atoms with Crippen molar-refractivity contribution in [2.24, 2.45) is 0 Å². The highest BCUT2D eigenvalue weighted by molar-refractivity contribution is 5.95. The van der Waals surface area contributed by atoms with E-state index in [2.05, 4.69) is 27.5 Å². The van der Waals surface area contributed by atoms with Crippen LogP contribution >= 0.6 is 0 Å². The summed E-state index contributed by atoms with van der Waals surface area (Å²) in [5, 5.41) is 17.3. The molecule has 3 rings (SSSR count). The van der Waals surface area contributed by atoms with E-state index in [0.29, 0.717) is 5.69 Å². The second kappa shape index (κ2) is 9.85. The standard InChI is InChI=1S/C23H20N4O3/c1-17(20-11-5-6-14-24-20)26-21-13-12-19(16-22(21)27(29)30)23(28)25-15-7-10-18-8-3-2-4-9-18/h2-6,8-9,11-14,16-17,26H,15H2,1H3,(H,25,28). The predicted octanol–water partition coefficient (Wildman–Crippen LogP) is 3.94. The van der Waals surface area contributed by atoms with E-state index in [-0.39, 0.29) is 23.8 Å². The van der Waals surface area contributed by atoms with Crippen LogP contribution in [0.2, 0.25) is 0 Å². The van der Waals surface area contributed by atoms with Crippen LogP contribution in [0.5, 0.6) is 0 Å². The molecule has 0 radical (unpaired) electrons. The first-order valence-electron chi connectivity index (χ1n) is 9.32. The minimum absolute atomic E-state index is 0.137. The number of rotatable bonds is 6. The third kappa shape index (κ3) is 5.42. The molecule has 1 amide bonds. The molecule has 0 bridgehead atoms. The van der Waals surface area contributed by atoms with Gasteiger partial charge in [-0.15, -0.1) is 0 Å². The van der Waals surface area contributed by atoms with Gasteiger partial charge in [0.15, 0.2) is 0 Å². The normalized spacial score (nSPS) is 11.0. The first-order valence-corrected chi connectivity index (χ1v) is 9.32. The Kier molecular flexibility index (Phi) is 6.74. The highest BCUT2D eigenvalue weighted by Gasteiger charge is 2.19. The monoisotopic (exact) mass is 400 g/mol. The molecule has 1 unspecified atom stereocenters. The SMILES string of the molecule is CC(Nc1ccc(C(=O)NCC#Cc2ccccc2)cc1[N+](=O)[O-])c1ccccn1. The predicted molar refractivity (Wildman–Crippen MR) is 115 cm³/mol. The zero-order valence-electron chi connectivity index (χ0n) is 16.3. The lowest BCUT2D eigenvalue weighted by atomic mass is 10.1. The van der Waals surface area contributed by atoms with Crippen molar-refractivity contribution in [2.75, 3.05) is 11.9 Å². The Labute approximate surface area is 174 Å². The van der Waals surface area contributed by atoms with Crippen LogP contribution in [0.3, 0.4) is 0 Å². The Balaban J connectivity index is 1.69. The van der Waals surface area contributed by atoms with Crippen molar-refractivity contribution in [3.05, 3.63) is 99.9 Å². The van der Waals surface area contributed by atoms with Gasteiger partial charge in [0.25, 0.3) is 11.6 Å². The summed E-state index contributed by atoms with van der Waals surface area (Å²) in [5.74, 6) is 5.37. The molecule has 3 aromatic rings. The Morgan fingerprint density at radius 1 is 1.13 bits per heavy atom. The number of pyridine rings is 1. The van der Waals surface area contributed by atoms with E-state index in [1.165, 1.54) is 12.1 Å². The fourth-order valence-electron chi connectivity index (χ4n) is 2.78. The van der Waals surface area contributed by atoms with Crippen molar-refractivity contribution in [1.29, 1.82) is 0 Å². The van der Waals surface area contributed by atoms with E-state index in [1.54, 1.807) is 18.3 Å². The number of carbonyl (C=O) groups excluding carboxylic acids is 1. The molecule has 0 aliphatic carbocycles. The number of hydrogen-bond acceptors (Lipinski definition) is 5. The Bertz CT molecular complexity index is 1090. The minimum Gasteiger partial charge on any atom is -0.371 e. The van der Waals surface area contributed by atoms with Crippen molar-refractivity contribution in [2.45, 2.75) is 13.0 Å². The Hall–Kier alpha value is -4.18. The average molecular weight is 400 g/mol. The number of nitrogens with zero attached hydrogens (tertiary/aromatic N) is 2. The molecule has 0 spiro atoms. The van der Waals surface area contributed by atoms with Crippen LogP contribution < -0.4 is 10.6 Å². The Morgan fingerprint density at radius 2 is 1.90 bits per heavy atom. The third-order valence-electron chi connectivity index (χ3n) is 4.30. The molecule has 0 saturated heterocycles. The first-order chi connectivity index (χ1) is 14.5. The van der Waals surface area contributed by atoms with E-state index >= 15 is 0 Å². The highest BCUT2D eigenvalue weighted by Crippen LogP contribution is 2.28. The van der Waals surface area contributed by atoms with Crippen LogP contribution in [0, 0.1) is 22.0 Å². The van der Waals surface area contributed by atoms with Gasteiger partial charge in [-0.05, 0) is 43.3 Å². The molecule has 0 aliphatic heterocycles. The molecule has 30 heavy (non-hydrogen) atoms. The maximum Gasteiger partial charge on any atom is 0.293 e. The number of aromatic nitrogens is 1. The summed E-state index contributed by atoms with van der Waals surface area (Å²) in [6.07, 6.45) is 1.66. The summed E-state index contributed by atoms with van der Waals surface area (Å²) in [6.45, 7) is 2.00. The Morgan fingerprint density at radius 3 is 2.60 bits per heavy atom. The minimum atomic E-state index is -0.514. The lowest BCUT2D eigenvalue weighted by Crippen LogP contribution is -2.23. The molecule has 0 saturated carbocycles. The quantitative estimate of drug-likeness (QED) is 0.371. The second-order valence-corrected chi connectivity index (χ2v) is 6.46. The second-order valence-electron chi connectivity index (χ2n) is 6.46. The topological polar surface area (TPSA) is 97.2 Å². The van der Waals surface area contributed by atoms with E-state index in [4.69, 9.17) is 0 Å². The molecule has 2 aromatic carbocycles. The van der Waals surface area contributed by atoms with Gasteiger partial charge in [-0.25, -0.2) is 0 Å². The van der Waals surface area contributed by atoms with Crippen molar-refractivity contribution in [3.63, 3.8) is 0 Å². The van der Waals surface area contributed by atoms with Crippen LogP contribution in [0.25, 0.3) is 0 Å². The lowest BCUT2D eigenvalue weighted by molar-refractivity contribution is -0.384. The van der Waals surface area contributed by atoms with Crippen LogP contribution in [0.4, 0.5) is 11.4 Å². The molecule has 1 aromatic heterocycles. The molecular formula is C23H20N4O3. The number of amides is 1. The number of carbonyl (C=O) groups is 1. The number of anilines is 1. The summed E-state index contributed by atoms with van der Waals surface area (Å²) in [7, 11) is 0. The van der Waals surface area contributed by atoms with Gasteiger partial charge in [0.05, 0.1) is 23.2 Å². The average Bonchev–Trinajstić information content (AvgIpc) is 2.78. The van der Waals surface area contributed by atoms with Gasteiger partial charge >= 0.3 is 0 Å². The summed E-state index contributed by atoms with van der Waals surface area (Å²) in [6, 6.07) is 19.0. The van der Waals surface area contributed by atoms with E-state index in [0.717, 1.165) is 11.3 Å². The highest BCUT2D eigenvalue weighted by atomic mass is 16.6. The fraction of sp³-hybridized carbons (Fsp3) is 0.130. The number of nitro groups is 1. The van der Waals surface area contributed by atoms with Crippen LogP contribution in [-0.4, -0.2) is 22.4 Å². The number of nitrogens with one attached hydrogen (secondary N) is 2. The van der Waals surface area contributed by atoms with Crippen molar-refractivity contribution in [3.8, 4) is 11.8 Å². The maximum absolute atomic E-state index is 12.4. The van der Waals surface area contributed by atoms with E-state index in [1.807, 2.05) is 49.4 Å². The fourth-order valence-corrected chi connectivity index (χ4v) is 2.78. The van der Waals surface area contributed by atoms with Crippen LogP contribution in [0.1, 0.15) is 34.6 Å². The van der Waals surface area contributed by atoms with Crippen molar-refractivity contribution in [1.82, 2.24) is 10.3 Å². The molecule has 7 heteroatoms. The summed E-state index contributed by atoms with van der Waals surface area (Å²) >= 11 is 0. The van der Waals surface area contributed by atoms with Crippen molar-refractivity contribution >= 4 is 17.3 Å². The molecule has 1 atom stereocenters. The smallest absolute Gasteiger partial charge is 0.293 e. The number of benzene rings is 2. The van der Waals surface area contributed by atoms with Gasteiger partial charge in [0, 0.05) is 23.4 Å². The molecule has 2 N–H and O–H groups in total. The summed E-state index contributed by atoms with van der Waals surface area (Å²) in [5.41, 5.74) is 1.93. The van der Waals surface area contributed by atoms with Gasteiger partial charge in [-0.1, -0.05) is 36.1 Å². The molecular weight excluding hydrogens is 380 g/mol.